The summed E-state index contributed by atoms with van der Waals surface area (Å²) in [6.45, 7) is 8.72. The van der Waals surface area contributed by atoms with Crippen molar-refractivity contribution in [2.24, 2.45) is 22.4 Å². The summed E-state index contributed by atoms with van der Waals surface area (Å²) in [5, 5.41) is 0. The molecule has 4 N–H and O–H groups in total. The van der Waals surface area contributed by atoms with E-state index in [2.05, 4.69) is 24.9 Å². The Hall–Kier alpha value is -2.04. The number of hydrogen-bond donors (Lipinski definition) is 2. The lowest BCUT2D eigenvalue weighted by Gasteiger charge is -2.16. The number of nitrogens with zero attached hydrogens (tertiary/aromatic N) is 1. The quantitative estimate of drug-likeness (QED) is 0.120. The summed E-state index contributed by atoms with van der Waals surface area (Å²) in [5.74, 6) is -0.441. The van der Waals surface area contributed by atoms with Gasteiger partial charge in [-0.25, -0.2) is 0 Å². The molecule has 0 aromatic heterocycles. The highest BCUT2D eigenvalue weighted by Crippen LogP contribution is 2.22. The molecule has 1 aromatic rings. The molecular formula is C22H34N3O3P. The Bertz CT molecular complexity index is 677. The first-order valence-corrected chi connectivity index (χ1v) is 12.3. The van der Waals surface area contributed by atoms with Gasteiger partial charge in [-0.15, -0.1) is 14.5 Å². The van der Waals surface area contributed by atoms with Crippen molar-refractivity contribution in [3.8, 4) is 0 Å². The van der Waals surface area contributed by atoms with Gasteiger partial charge in [0.05, 0.1) is 17.8 Å². The first-order chi connectivity index (χ1) is 13.8. The predicted molar refractivity (Wildman–Crippen MR) is 121 cm³/mol. The second-order valence-corrected chi connectivity index (χ2v) is 9.82. The summed E-state index contributed by atoms with van der Waals surface area (Å²) in [6, 6.07) is 8.82. The lowest BCUT2D eigenvalue weighted by Crippen LogP contribution is -2.33. The number of esters is 1. The van der Waals surface area contributed by atoms with Gasteiger partial charge in [-0.2, -0.15) is 0 Å². The summed E-state index contributed by atoms with van der Waals surface area (Å²) in [6.07, 6.45) is 4.09. The van der Waals surface area contributed by atoms with Gasteiger partial charge in [0.1, 0.15) is 12.4 Å². The van der Waals surface area contributed by atoms with Crippen LogP contribution in [0, 0.1) is 5.92 Å². The van der Waals surface area contributed by atoms with Crippen molar-refractivity contribution in [1.82, 2.24) is 0 Å². The minimum absolute atomic E-state index is 0.0577. The van der Waals surface area contributed by atoms with Crippen LogP contribution < -0.4 is 11.5 Å². The van der Waals surface area contributed by atoms with E-state index in [0.717, 1.165) is 11.7 Å². The van der Waals surface area contributed by atoms with Gasteiger partial charge in [0.25, 0.3) is 0 Å². The van der Waals surface area contributed by atoms with Crippen molar-refractivity contribution in [2.75, 3.05) is 26.0 Å². The fourth-order valence-corrected chi connectivity index (χ4v) is 3.52. The van der Waals surface area contributed by atoms with Gasteiger partial charge in [0.15, 0.2) is 0 Å². The number of amidine groups is 1. The van der Waals surface area contributed by atoms with Gasteiger partial charge in [0, 0.05) is 19.1 Å². The Morgan fingerprint density at radius 1 is 1.28 bits per heavy atom. The van der Waals surface area contributed by atoms with Crippen LogP contribution in [0.2, 0.25) is 0 Å². The minimum Gasteiger partial charge on any atom is -0.461 e. The number of rotatable bonds is 14. The molecule has 0 heterocycles. The van der Waals surface area contributed by atoms with Crippen LogP contribution >= 0.6 is 7.92 Å². The molecule has 7 heteroatoms. The second-order valence-electron chi connectivity index (χ2n) is 7.34. The Labute approximate surface area is 175 Å². The smallest absolute Gasteiger partial charge is 0.310 e. The molecule has 6 nitrogen and oxygen atoms in total. The summed E-state index contributed by atoms with van der Waals surface area (Å²) in [4.78, 5) is 29.2. The third-order valence-corrected chi connectivity index (χ3v) is 5.29. The van der Waals surface area contributed by atoms with Crippen molar-refractivity contribution in [2.45, 2.75) is 38.3 Å². The Morgan fingerprint density at radius 3 is 2.59 bits per heavy atom. The molecule has 0 fully saturated rings. The Kier molecular flexibility index (Phi) is 12.1. The van der Waals surface area contributed by atoms with E-state index in [1.54, 1.807) is 6.08 Å². The van der Waals surface area contributed by atoms with Crippen molar-refractivity contribution in [1.29, 1.82) is 0 Å². The molecule has 0 bridgehead atoms. The van der Waals surface area contributed by atoms with Crippen LogP contribution in [0.15, 0.2) is 48.0 Å². The second kappa shape index (κ2) is 14.0. The number of carbonyl (C=O) groups is 2. The van der Waals surface area contributed by atoms with Crippen LogP contribution in [-0.2, 0) is 20.9 Å². The Balaban J connectivity index is 2.45. The van der Waals surface area contributed by atoms with Crippen LogP contribution in [0.4, 0.5) is 0 Å². The van der Waals surface area contributed by atoms with E-state index in [-0.39, 0.29) is 26.7 Å². The van der Waals surface area contributed by atoms with E-state index in [4.69, 9.17) is 16.2 Å². The predicted octanol–water partition coefficient (Wildman–Crippen LogP) is 3.09. The summed E-state index contributed by atoms with van der Waals surface area (Å²) < 4.78 is 5.37. The average Bonchev–Trinajstić information content (AvgIpc) is 2.69. The number of Topliss-reactive ketones (excluding diaryl/α,β-unsaturated/α-hetero) is 1. The summed E-state index contributed by atoms with van der Waals surface area (Å²) in [5.41, 5.74) is 12.8. The van der Waals surface area contributed by atoms with Crippen molar-refractivity contribution < 1.29 is 14.3 Å². The lowest BCUT2D eigenvalue weighted by atomic mass is 9.94. The molecule has 0 saturated carbocycles. The molecule has 0 amide bonds. The van der Waals surface area contributed by atoms with Gasteiger partial charge in [0.2, 0.25) is 0 Å². The summed E-state index contributed by atoms with van der Waals surface area (Å²) in [7, 11) is -0.108. The molecule has 0 saturated heterocycles. The van der Waals surface area contributed by atoms with Crippen LogP contribution in [0.5, 0.6) is 0 Å². The Morgan fingerprint density at radius 2 is 1.97 bits per heavy atom. The van der Waals surface area contributed by atoms with Gasteiger partial charge in [-0.3, -0.25) is 14.6 Å². The average molecular weight is 420 g/mol. The minimum atomic E-state index is -0.616. The van der Waals surface area contributed by atoms with Crippen LogP contribution in [0.1, 0.15) is 31.2 Å². The maximum atomic E-state index is 12.5. The van der Waals surface area contributed by atoms with E-state index in [0.29, 0.717) is 31.6 Å². The van der Waals surface area contributed by atoms with Crippen molar-refractivity contribution in [3.63, 3.8) is 0 Å². The molecule has 0 aliphatic carbocycles. The number of allylic oxidation sites excluding steroid dienone is 1. The number of aliphatic imine (C=N–C) groups is 1. The SMILES string of the molecule is C=CC[C@H](CC(=O)[C@H](N)CCCN=C(N)CP(C)C)C(=O)OCc1ccccc1. The number of nitrogens with two attached hydrogens (primary N) is 2. The van der Waals surface area contributed by atoms with Crippen LogP contribution in [0.3, 0.4) is 0 Å². The van der Waals surface area contributed by atoms with E-state index >= 15 is 0 Å². The highest BCUT2D eigenvalue weighted by atomic mass is 31.1. The van der Waals surface area contributed by atoms with Gasteiger partial charge in [-0.1, -0.05) is 36.4 Å². The molecule has 0 radical (unpaired) electrons. The van der Waals surface area contributed by atoms with Crippen molar-refractivity contribution >= 4 is 25.5 Å². The topological polar surface area (TPSA) is 108 Å². The largest absolute Gasteiger partial charge is 0.461 e. The molecule has 0 aliphatic rings. The molecule has 160 valence electrons. The highest BCUT2D eigenvalue weighted by Gasteiger charge is 2.25. The van der Waals surface area contributed by atoms with E-state index in [9.17, 15) is 9.59 Å². The van der Waals surface area contributed by atoms with Crippen LogP contribution in [0.25, 0.3) is 0 Å². The molecule has 0 unspecified atom stereocenters. The standard InChI is InChI=1S/C22H34N3O3P/c1-4-9-18(22(27)28-15-17-10-6-5-7-11-17)14-20(26)19(23)12-8-13-25-21(24)16-29(2)3/h4-7,10-11,18-19H,1,8-9,12-16,23H2,2-3H3,(H2,24,25)/t18-,19-/m1/s1. The molecule has 1 rings (SSSR count). The number of ether oxygens (including phenoxy) is 1. The molecular weight excluding hydrogens is 385 g/mol. The molecule has 0 spiro atoms. The normalized spacial score (nSPS) is 13.7. The van der Waals surface area contributed by atoms with E-state index < -0.39 is 17.9 Å². The van der Waals surface area contributed by atoms with Gasteiger partial charge < -0.3 is 16.2 Å². The molecule has 29 heavy (non-hydrogen) atoms. The van der Waals surface area contributed by atoms with Gasteiger partial charge in [-0.05, 0) is 38.2 Å². The zero-order valence-electron chi connectivity index (χ0n) is 17.5. The maximum absolute atomic E-state index is 12.5. The molecule has 2 atom stereocenters. The fraction of sp³-hybridized carbons (Fsp3) is 0.500. The third-order valence-electron chi connectivity index (χ3n) is 4.34. The number of hydrogen-bond acceptors (Lipinski definition) is 5. The van der Waals surface area contributed by atoms with E-state index in [1.165, 1.54) is 0 Å². The number of carbonyl (C=O) groups excluding carboxylic acids is 2. The molecule has 1 aromatic carbocycles. The highest BCUT2D eigenvalue weighted by molar-refractivity contribution is 7.57. The number of ketones is 1. The van der Waals surface area contributed by atoms with Crippen LogP contribution in [-0.4, -0.2) is 49.7 Å². The lowest BCUT2D eigenvalue weighted by molar-refractivity contribution is -0.151. The zero-order chi connectivity index (χ0) is 21.6. The molecule has 0 aliphatic heterocycles. The monoisotopic (exact) mass is 419 g/mol. The number of benzene rings is 1. The van der Waals surface area contributed by atoms with Crippen molar-refractivity contribution in [3.05, 3.63) is 48.6 Å². The first kappa shape index (κ1) is 25.0. The van der Waals surface area contributed by atoms with E-state index in [1.807, 2.05) is 30.3 Å². The maximum Gasteiger partial charge on any atom is 0.310 e. The zero-order valence-corrected chi connectivity index (χ0v) is 18.4. The summed E-state index contributed by atoms with van der Waals surface area (Å²) >= 11 is 0. The van der Waals surface area contributed by atoms with Gasteiger partial charge >= 0.3 is 5.97 Å². The fourth-order valence-electron chi connectivity index (χ4n) is 2.77. The third kappa shape index (κ3) is 10.9. The first-order valence-electron chi connectivity index (χ1n) is 9.86.